The van der Waals surface area contributed by atoms with Crippen LogP contribution in [-0.2, 0) is 0 Å². The molecule has 1 unspecified atom stereocenters. The lowest BCUT2D eigenvalue weighted by Crippen LogP contribution is -2.36. The minimum atomic E-state index is 0.252. The topological polar surface area (TPSA) is 56.6 Å². The zero-order chi connectivity index (χ0) is 13.9. The highest BCUT2D eigenvalue weighted by Gasteiger charge is 2.21. The molecule has 0 amide bonds. The van der Waals surface area contributed by atoms with Gasteiger partial charge in [0.2, 0.25) is 0 Å². The first kappa shape index (κ1) is 13.2. The molecule has 4 nitrogen and oxygen atoms in total. The molecule has 0 radical (unpaired) electrons. The first-order chi connectivity index (χ1) is 9.78. The summed E-state index contributed by atoms with van der Waals surface area (Å²) in [5.41, 5.74) is 0. The van der Waals surface area contributed by atoms with Crippen LogP contribution < -0.4 is 4.90 Å². The smallest absolute Gasteiger partial charge is 0.136 e. The standard InChI is InChI=1S/C16H20N2O2/c19-9-6-12-2-1-8-18(11-12)16-15-10-14(20)4-3-13(15)5-7-17-16/h3-5,7,10,12,19-20H,1-2,6,8-9,11H2. The van der Waals surface area contributed by atoms with Crippen LogP contribution in [0.2, 0.25) is 0 Å². The highest BCUT2D eigenvalue weighted by molar-refractivity contribution is 5.93. The van der Waals surface area contributed by atoms with E-state index in [1.54, 1.807) is 12.1 Å². The number of piperidine rings is 1. The molecule has 2 aromatic rings. The number of pyridine rings is 1. The lowest BCUT2D eigenvalue weighted by molar-refractivity contribution is 0.244. The fraction of sp³-hybridized carbons (Fsp3) is 0.438. The number of phenols is 1. The van der Waals surface area contributed by atoms with E-state index < -0.39 is 0 Å². The highest BCUT2D eigenvalue weighted by atomic mass is 16.3. The number of benzene rings is 1. The summed E-state index contributed by atoms with van der Waals surface area (Å²) in [5, 5.41) is 20.9. The Bertz CT molecular complexity index is 598. The largest absolute Gasteiger partial charge is 0.508 e. The molecule has 106 valence electrons. The Kier molecular flexibility index (Phi) is 3.74. The van der Waals surface area contributed by atoms with Gasteiger partial charge in [-0.15, -0.1) is 0 Å². The molecular weight excluding hydrogens is 252 g/mol. The van der Waals surface area contributed by atoms with Gasteiger partial charge < -0.3 is 15.1 Å². The number of fused-ring (bicyclic) bond motifs is 1. The number of anilines is 1. The molecule has 1 aromatic carbocycles. The average Bonchev–Trinajstić information content (AvgIpc) is 2.47. The summed E-state index contributed by atoms with van der Waals surface area (Å²) in [4.78, 5) is 6.80. The fourth-order valence-electron chi connectivity index (χ4n) is 3.07. The summed E-state index contributed by atoms with van der Waals surface area (Å²) in [7, 11) is 0. The Labute approximate surface area is 118 Å². The maximum Gasteiger partial charge on any atom is 0.136 e. The number of aromatic nitrogens is 1. The van der Waals surface area contributed by atoms with E-state index >= 15 is 0 Å². The third kappa shape index (κ3) is 2.56. The van der Waals surface area contributed by atoms with Crippen LogP contribution in [0.5, 0.6) is 5.75 Å². The number of aromatic hydroxyl groups is 1. The number of phenolic OH excluding ortho intramolecular Hbond substituents is 1. The molecule has 1 fully saturated rings. The average molecular weight is 272 g/mol. The zero-order valence-corrected chi connectivity index (χ0v) is 11.5. The number of rotatable bonds is 3. The lowest BCUT2D eigenvalue weighted by atomic mass is 9.95. The molecular formula is C16H20N2O2. The molecule has 1 aromatic heterocycles. The zero-order valence-electron chi connectivity index (χ0n) is 11.5. The molecule has 0 bridgehead atoms. The van der Waals surface area contributed by atoms with Gasteiger partial charge >= 0.3 is 0 Å². The molecule has 0 saturated carbocycles. The second kappa shape index (κ2) is 5.67. The van der Waals surface area contributed by atoms with Gasteiger partial charge in [0, 0.05) is 31.3 Å². The van der Waals surface area contributed by atoms with E-state index in [2.05, 4.69) is 9.88 Å². The molecule has 1 aliphatic rings. The quantitative estimate of drug-likeness (QED) is 0.901. The summed E-state index contributed by atoms with van der Waals surface area (Å²) in [6.45, 7) is 2.17. The molecule has 2 heterocycles. The van der Waals surface area contributed by atoms with Crippen molar-refractivity contribution in [1.82, 2.24) is 4.98 Å². The van der Waals surface area contributed by atoms with E-state index in [4.69, 9.17) is 5.11 Å². The van der Waals surface area contributed by atoms with Crippen molar-refractivity contribution in [3.8, 4) is 5.75 Å². The van der Waals surface area contributed by atoms with Gasteiger partial charge in [-0.1, -0.05) is 6.07 Å². The molecule has 0 spiro atoms. The highest BCUT2D eigenvalue weighted by Crippen LogP contribution is 2.31. The Morgan fingerprint density at radius 1 is 1.30 bits per heavy atom. The maximum absolute atomic E-state index is 9.71. The predicted molar refractivity (Wildman–Crippen MR) is 80.0 cm³/mol. The molecule has 2 N–H and O–H groups in total. The van der Waals surface area contributed by atoms with Crippen molar-refractivity contribution in [3.63, 3.8) is 0 Å². The van der Waals surface area contributed by atoms with Gasteiger partial charge in [-0.25, -0.2) is 4.98 Å². The van der Waals surface area contributed by atoms with Gasteiger partial charge in [-0.05, 0) is 48.8 Å². The first-order valence-electron chi connectivity index (χ1n) is 7.21. The van der Waals surface area contributed by atoms with Crippen LogP contribution in [0.1, 0.15) is 19.3 Å². The SMILES string of the molecule is OCCC1CCCN(c2nccc3ccc(O)cc23)C1. The summed E-state index contributed by atoms with van der Waals surface area (Å²) >= 11 is 0. The van der Waals surface area contributed by atoms with Gasteiger partial charge in [0.25, 0.3) is 0 Å². The van der Waals surface area contributed by atoms with Crippen LogP contribution in [-0.4, -0.2) is 34.9 Å². The molecule has 3 rings (SSSR count). The van der Waals surface area contributed by atoms with E-state index in [9.17, 15) is 5.11 Å². The van der Waals surface area contributed by atoms with Crippen molar-refractivity contribution in [2.24, 2.45) is 5.92 Å². The molecule has 1 aliphatic heterocycles. The van der Waals surface area contributed by atoms with Crippen molar-refractivity contribution >= 4 is 16.6 Å². The second-order valence-corrected chi connectivity index (χ2v) is 5.51. The monoisotopic (exact) mass is 272 g/mol. The van der Waals surface area contributed by atoms with Crippen LogP contribution >= 0.6 is 0 Å². The molecule has 1 saturated heterocycles. The number of nitrogens with zero attached hydrogens (tertiary/aromatic N) is 2. The Morgan fingerprint density at radius 2 is 2.20 bits per heavy atom. The molecule has 1 atom stereocenters. The van der Waals surface area contributed by atoms with Crippen molar-refractivity contribution in [2.45, 2.75) is 19.3 Å². The van der Waals surface area contributed by atoms with Gasteiger partial charge in [-0.3, -0.25) is 0 Å². The molecule has 0 aliphatic carbocycles. The van der Waals surface area contributed by atoms with Crippen LogP contribution in [0.4, 0.5) is 5.82 Å². The summed E-state index contributed by atoms with van der Waals surface area (Å²) < 4.78 is 0. The number of aliphatic hydroxyl groups is 1. The van der Waals surface area contributed by atoms with E-state index in [1.807, 2.05) is 18.3 Å². The van der Waals surface area contributed by atoms with Gasteiger partial charge in [0.05, 0.1) is 0 Å². The molecule has 4 heteroatoms. The van der Waals surface area contributed by atoms with Crippen LogP contribution in [0.15, 0.2) is 30.5 Å². The van der Waals surface area contributed by atoms with Crippen molar-refractivity contribution in [2.75, 3.05) is 24.6 Å². The van der Waals surface area contributed by atoms with Crippen LogP contribution in [0.25, 0.3) is 10.8 Å². The minimum absolute atomic E-state index is 0.252. The van der Waals surface area contributed by atoms with Crippen LogP contribution in [0.3, 0.4) is 0 Å². The minimum Gasteiger partial charge on any atom is -0.508 e. The van der Waals surface area contributed by atoms with Gasteiger partial charge in [0.1, 0.15) is 11.6 Å². The van der Waals surface area contributed by atoms with E-state index in [-0.39, 0.29) is 12.4 Å². The number of hydrogen-bond acceptors (Lipinski definition) is 4. The number of aliphatic hydroxyl groups excluding tert-OH is 1. The Morgan fingerprint density at radius 3 is 3.05 bits per heavy atom. The van der Waals surface area contributed by atoms with Crippen molar-refractivity contribution in [3.05, 3.63) is 30.5 Å². The van der Waals surface area contributed by atoms with Crippen molar-refractivity contribution < 1.29 is 10.2 Å². The third-order valence-corrected chi connectivity index (χ3v) is 4.08. The normalized spacial score (nSPS) is 19.4. The summed E-state index contributed by atoms with van der Waals surface area (Å²) in [5.74, 6) is 1.75. The number of hydrogen-bond donors (Lipinski definition) is 2. The predicted octanol–water partition coefficient (Wildman–Crippen LogP) is 2.54. The van der Waals surface area contributed by atoms with Gasteiger partial charge in [-0.2, -0.15) is 0 Å². The fourth-order valence-corrected chi connectivity index (χ4v) is 3.07. The van der Waals surface area contributed by atoms with E-state index in [0.717, 1.165) is 42.5 Å². The first-order valence-corrected chi connectivity index (χ1v) is 7.21. The Balaban J connectivity index is 1.94. The van der Waals surface area contributed by atoms with E-state index in [1.165, 1.54) is 6.42 Å². The maximum atomic E-state index is 9.71. The van der Waals surface area contributed by atoms with Crippen LogP contribution in [0, 0.1) is 5.92 Å². The second-order valence-electron chi connectivity index (χ2n) is 5.51. The molecule has 20 heavy (non-hydrogen) atoms. The summed E-state index contributed by atoms with van der Waals surface area (Å²) in [6, 6.07) is 7.38. The van der Waals surface area contributed by atoms with E-state index in [0.29, 0.717) is 5.92 Å². The lowest BCUT2D eigenvalue weighted by Gasteiger charge is -2.34. The Hall–Kier alpha value is -1.81. The van der Waals surface area contributed by atoms with Gasteiger partial charge in [0.15, 0.2) is 0 Å². The summed E-state index contributed by atoms with van der Waals surface area (Å²) in [6.07, 6.45) is 4.98. The third-order valence-electron chi connectivity index (χ3n) is 4.08. The van der Waals surface area contributed by atoms with Crippen molar-refractivity contribution in [1.29, 1.82) is 0 Å².